The average molecular weight is 582 g/mol. The van der Waals surface area contributed by atoms with Crippen LogP contribution in [0.2, 0.25) is 5.02 Å². The Morgan fingerprint density at radius 2 is 1.65 bits per heavy atom. The van der Waals surface area contributed by atoms with E-state index in [9.17, 15) is 22.8 Å². The molecule has 3 aromatic carbocycles. The number of sulfonamides is 1. The number of carbonyl (C=O) groups is 3. The predicted octanol–water partition coefficient (Wildman–Crippen LogP) is 4.43. The zero-order chi connectivity index (χ0) is 28.7. The number of hydrogen-bond acceptors (Lipinski definition) is 5. The molecule has 0 radical (unpaired) electrons. The number of nitrogens with one attached hydrogen (secondary N) is 1. The van der Waals surface area contributed by atoms with Crippen LogP contribution in [0.15, 0.2) is 83.8 Å². The summed E-state index contributed by atoms with van der Waals surface area (Å²) in [7, 11) is -4.07. The van der Waals surface area contributed by atoms with E-state index >= 15 is 0 Å². The first-order valence-corrected chi connectivity index (χ1v) is 15.1. The standard InChI is InChI=1S/C30H32ClN3O5S/c1-2-3-18-32-29(36)26(20-22-11-5-4-6-12-22)33(21-23-13-7-9-15-25(23)31)28(35)17-19-34-30(37)24-14-8-10-16-27(24)40(34,38)39/h4-16,26H,2-3,17-21H2,1H3,(H,32,36). The first-order valence-electron chi connectivity index (χ1n) is 13.2. The minimum atomic E-state index is -4.07. The molecule has 3 aromatic rings. The predicted molar refractivity (Wildman–Crippen MR) is 153 cm³/mol. The van der Waals surface area contributed by atoms with Crippen molar-refractivity contribution in [3.8, 4) is 0 Å². The molecule has 0 bridgehead atoms. The van der Waals surface area contributed by atoms with Crippen molar-refractivity contribution >= 4 is 39.3 Å². The number of nitrogens with zero attached hydrogens (tertiary/aromatic N) is 2. The summed E-state index contributed by atoms with van der Waals surface area (Å²) in [6.45, 7) is 2.18. The molecule has 0 fully saturated rings. The monoisotopic (exact) mass is 581 g/mol. The van der Waals surface area contributed by atoms with Crippen LogP contribution in [0, 0.1) is 0 Å². The third kappa shape index (κ3) is 6.54. The van der Waals surface area contributed by atoms with Crippen LogP contribution >= 0.6 is 11.6 Å². The van der Waals surface area contributed by atoms with Gasteiger partial charge < -0.3 is 10.2 Å². The molecule has 4 rings (SSSR count). The van der Waals surface area contributed by atoms with E-state index in [1.54, 1.807) is 36.4 Å². The van der Waals surface area contributed by atoms with Crippen molar-refractivity contribution in [2.24, 2.45) is 0 Å². The first-order chi connectivity index (χ1) is 19.2. The van der Waals surface area contributed by atoms with Crippen LogP contribution in [0.1, 0.15) is 47.7 Å². The summed E-state index contributed by atoms with van der Waals surface area (Å²) in [5.74, 6) is -1.44. The van der Waals surface area contributed by atoms with Crippen LogP contribution in [0.4, 0.5) is 0 Å². The Bertz CT molecular complexity index is 1480. The highest BCUT2D eigenvalue weighted by Crippen LogP contribution is 2.30. The van der Waals surface area contributed by atoms with Gasteiger partial charge in [-0.15, -0.1) is 0 Å². The van der Waals surface area contributed by atoms with E-state index in [4.69, 9.17) is 11.6 Å². The molecule has 1 unspecified atom stereocenters. The number of carbonyl (C=O) groups excluding carboxylic acids is 3. The van der Waals surface area contributed by atoms with E-state index in [1.165, 1.54) is 17.0 Å². The fourth-order valence-corrected chi connectivity index (χ4v) is 6.43. The van der Waals surface area contributed by atoms with Crippen LogP contribution in [-0.4, -0.2) is 54.5 Å². The molecule has 210 valence electrons. The van der Waals surface area contributed by atoms with Gasteiger partial charge in [-0.3, -0.25) is 14.4 Å². The minimum absolute atomic E-state index is 0.0398. The second-order valence-electron chi connectivity index (χ2n) is 9.59. The maximum absolute atomic E-state index is 13.8. The van der Waals surface area contributed by atoms with Crippen LogP contribution in [0.25, 0.3) is 0 Å². The summed E-state index contributed by atoms with van der Waals surface area (Å²) in [5, 5.41) is 3.39. The van der Waals surface area contributed by atoms with Crippen molar-refractivity contribution in [2.45, 2.75) is 50.1 Å². The number of amides is 3. The molecular formula is C30H32ClN3O5S. The molecule has 0 spiro atoms. The van der Waals surface area contributed by atoms with Crippen molar-refractivity contribution in [1.29, 1.82) is 0 Å². The van der Waals surface area contributed by atoms with E-state index in [-0.39, 0.29) is 42.3 Å². The van der Waals surface area contributed by atoms with Gasteiger partial charge in [-0.2, -0.15) is 0 Å². The number of unbranched alkanes of at least 4 members (excludes halogenated alkanes) is 1. The Labute approximate surface area is 240 Å². The van der Waals surface area contributed by atoms with E-state index in [0.717, 1.165) is 22.7 Å². The maximum Gasteiger partial charge on any atom is 0.269 e. The SMILES string of the molecule is CCCCNC(=O)C(Cc1ccccc1)N(Cc1ccccc1Cl)C(=O)CCN1C(=O)c2ccccc2S1(=O)=O. The first kappa shape index (κ1) is 29.3. The summed E-state index contributed by atoms with van der Waals surface area (Å²) in [6.07, 6.45) is 1.64. The summed E-state index contributed by atoms with van der Waals surface area (Å²) in [6, 6.07) is 21.5. The number of hydrogen-bond donors (Lipinski definition) is 1. The second-order valence-corrected chi connectivity index (χ2v) is 11.8. The second kappa shape index (κ2) is 13.1. The number of rotatable bonds is 12. The lowest BCUT2D eigenvalue weighted by molar-refractivity contribution is -0.141. The third-order valence-electron chi connectivity index (χ3n) is 6.84. The number of halogens is 1. The topological polar surface area (TPSA) is 104 Å². The van der Waals surface area contributed by atoms with Gasteiger partial charge in [0.15, 0.2) is 0 Å². The third-order valence-corrected chi connectivity index (χ3v) is 9.05. The molecule has 0 aliphatic carbocycles. The number of benzene rings is 3. The normalized spacial score (nSPS) is 14.4. The van der Waals surface area contributed by atoms with E-state index in [1.807, 2.05) is 37.3 Å². The van der Waals surface area contributed by atoms with Crippen LogP contribution in [-0.2, 0) is 32.6 Å². The largest absolute Gasteiger partial charge is 0.354 e. The molecule has 8 nitrogen and oxygen atoms in total. The highest BCUT2D eigenvalue weighted by Gasteiger charge is 2.41. The molecule has 1 aliphatic rings. The smallest absolute Gasteiger partial charge is 0.269 e. The zero-order valence-corrected chi connectivity index (χ0v) is 23.8. The van der Waals surface area contributed by atoms with Gasteiger partial charge in [0.25, 0.3) is 15.9 Å². The zero-order valence-electron chi connectivity index (χ0n) is 22.3. The van der Waals surface area contributed by atoms with Crippen molar-refractivity contribution < 1.29 is 22.8 Å². The number of fused-ring (bicyclic) bond motifs is 1. The molecule has 1 atom stereocenters. The van der Waals surface area contributed by atoms with Crippen molar-refractivity contribution in [3.63, 3.8) is 0 Å². The molecule has 1 aliphatic heterocycles. The fraction of sp³-hybridized carbons (Fsp3) is 0.300. The summed E-state index contributed by atoms with van der Waals surface area (Å²) >= 11 is 6.44. The molecule has 0 aromatic heterocycles. The Kier molecular flexibility index (Phi) is 9.60. The summed E-state index contributed by atoms with van der Waals surface area (Å²) < 4.78 is 26.8. The molecule has 1 heterocycles. The van der Waals surface area contributed by atoms with E-state index < -0.39 is 27.9 Å². The van der Waals surface area contributed by atoms with Crippen LogP contribution < -0.4 is 5.32 Å². The van der Waals surface area contributed by atoms with Gasteiger partial charge in [0.05, 0.1) is 5.56 Å². The summed E-state index contributed by atoms with van der Waals surface area (Å²) in [4.78, 5) is 41.6. The molecule has 3 amide bonds. The van der Waals surface area contributed by atoms with Gasteiger partial charge in [0.1, 0.15) is 10.9 Å². The Morgan fingerprint density at radius 3 is 2.35 bits per heavy atom. The molecular weight excluding hydrogens is 550 g/mol. The van der Waals surface area contributed by atoms with Gasteiger partial charge in [-0.1, -0.05) is 85.6 Å². The Balaban J connectivity index is 1.63. The molecule has 40 heavy (non-hydrogen) atoms. The van der Waals surface area contributed by atoms with Gasteiger partial charge in [-0.25, -0.2) is 12.7 Å². The van der Waals surface area contributed by atoms with Crippen LogP contribution in [0.5, 0.6) is 0 Å². The van der Waals surface area contributed by atoms with Gasteiger partial charge in [0.2, 0.25) is 11.8 Å². The maximum atomic E-state index is 13.8. The van der Waals surface area contributed by atoms with Gasteiger partial charge in [-0.05, 0) is 35.7 Å². The van der Waals surface area contributed by atoms with Gasteiger partial charge in [0, 0.05) is 37.5 Å². The summed E-state index contributed by atoms with van der Waals surface area (Å²) in [5.41, 5.74) is 1.59. The Morgan fingerprint density at radius 1 is 0.975 bits per heavy atom. The van der Waals surface area contributed by atoms with E-state index in [2.05, 4.69) is 5.32 Å². The molecule has 0 saturated heterocycles. The lowest BCUT2D eigenvalue weighted by atomic mass is 10.0. The Hall–Kier alpha value is -3.69. The highest BCUT2D eigenvalue weighted by molar-refractivity contribution is 7.90. The average Bonchev–Trinajstić information content (AvgIpc) is 3.15. The lowest BCUT2D eigenvalue weighted by Crippen LogP contribution is -2.51. The molecule has 0 saturated carbocycles. The molecule has 10 heteroatoms. The van der Waals surface area contributed by atoms with Crippen molar-refractivity contribution in [2.75, 3.05) is 13.1 Å². The van der Waals surface area contributed by atoms with Crippen LogP contribution in [0.3, 0.4) is 0 Å². The quantitative estimate of drug-likeness (QED) is 0.319. The highest BCUT2D eigenvalue weighted by atomic mass is 35.5. The van der Waals surface area contributed by atoms with Gasteiger partial charge >= 0.3 is 0 Å². The molecule has 1 N–H and O–H groups in total. The minimum Gasteiger partial charge on any atom is -0.354 e. The van der Waals surface area contributed by atoms with Crippen molar-refractivity contribution in [1.82, 2.24) is 14.5 Å². The van der Waals surface area contributed by atoms with E-state index in [0.29, 0.717) is 17.1 Å². The van der Waals surface area contributed by atoms with Crippen molar-refractivity contribution in [3.05, 3.63) is 101 Å². The fourth-order valence-electron chi connectivity index (χ4n) is 4.66. The lowest BCUT2D eigenvalue weighted by Gasteiger charge is -2.32.